The molecule has 6 heteroatoms. The van der Waals surface area contributed by atoms with Crippen LogP contribution in [0.1, 0.15) is 34.0 Å². The molecule has 0 saturated heterocycles. The van der Waals surface area contributed by atoms with Gasteiger partial charge in [0.2, 0.25) is 5.91 Å². The van der Waals surface area contributed by atoms with Gasteiger partial charge >= 0.3 is 0 Å². The average molecular weight is 346 g/mol. The Morgan fingerprint density at radius 2 is 1.92 bits per heavy atom. The molecule has 2 aromatic rings. The van der Waals surface area contributed by atoms with Crippen molar-refractivity contribution in [3.8, 4) is 0 Å². The first-order valence-corrected chi connectivity index (χ1v) is 8.61. The molecule has 0 bridgehead atoms. The maximum absolute atomic E-state index is 12.1. The van der Waals surface area contributed by atoms with Crippen LogP contribution in [0.15, 0.2) is 35.0 Å². The molecule has 1 atom stereocenters. The van der Waals surface area contributed by atoms with Crippen molar-refractivity contribution in [2.75, 3.05) is 13.1 Å². The molecule has 1 aromatic carbocycles. The zero-order valence-electron chi connectivity index (χ0n) is 14.1. The lowest BCUT2D eigenvalue weighted by molar-refractivity contribution is -0.121. The summed E-state index contributed by atoms with van der Waals surface area (Å²) in [5, 5.41) is 19.3. The number of hydrogen-bond donors (Lipinski definition) is 3. The molecule has 1 unspecified atom stereocenters. The Balaban J connectivity index is 1.82. The van der Waals surface area contributed by atoms with Crippen LogP contribution in [0.5, 0.6) is 0 Å². The van der Waals surface area contributed by atoms with Gasteiger partial charge in [0.15, 0.2) is 0 Å². The highest BCUT2D eigenvalue weighted by atomic mass is 32.1. The maximum Gasteiger partial charge on any atom is 0.251 e. The summed E-state index contributed by atoms with van der Waals surface area (Å²) < 4.78 is 0. The number of hydrogen-bond acceptors (Lipinski definition) is 4. The molecule has 5 nitrogen and oxygen atoms in total. The summed E-state index contributed by atoms with van der Waals surface area (Å²) in [7, 11) is 0. The number of benzene rings is 1. The molecule has 0 aliphatic rings. The highest BCUT2D eigenvalue weighted by Gasteiger charge is 2.24. The second-order valence-corrected chi connectivity index (χ2v) is 6.82. The molecule has 2 amide bonds. The molecule has 0 fully saturated rings. The average Bonchev–Trinajstić information content (AvgIpc) is 3.08. The number of carbonyl (C=O) groups excluding carboxylic acids is 2. The minimum absolute atomic E-state index is 0.0854. The van der Waals surface area contributed by atoms with Crippen molar-refractivity contribution in [3.63, 3.8) is 0 Å². The van der Waals surface area contributed by atoms with E-state index in [2.05, 4.69) is 10.6 Å². The van der Waals surface area contributed by atoms with E-state index in [1.807, 2.05) is 36.7 Å². The van der Waals surface area contributed by atoms with Crippen LogP contribution in [-0.4, -0.2) is 30.0 Å². The molecule has 0 spiro atoms. The van der Waals surface area contributed by atoms with Crippen LogP contribution in [0.25, 0.3) is 0 Å². The van der Waals surface area contributed by atoms with Crippen molar-refractivity contribution in [3.05, 3.63) is 57.3 Å². The summed E-state index contributed by atoms with van der Waals surface area (Å²) in [4.78, 5) is 23.9. The van der Waals surface area contributed by atoms with Crippen LogP contribution >= 0.6 is 11.3 Å². The number of carbonyl (C=O) groups is 2. The molecule has 2 rings (SSSR count). The van der Waals surface area contributed by atoms with Crippen molar-refractivity contribution < 1.29 is 14.7 Å². The van der Waals surface area contributed by atoms with Gasteiger partial charge < -0.3 is 15.7 Å². The Hall–Kier alpha value is -2.18. The van der Waals surface area contributed by atoms with E-state index in [9.17, 15) is 14.7 Å². The van der Waals surface area contributed by atoms with Crippen LogP contribution in [0.2, 0.25) is 0 Å². The Morgan fingerprint density at radius 3 is 2.54 bits per heavy atom. The SMILES string of the molecule is Cc1ccc(C(=O)NCC(=O)NCC(C)(O)c2ccsc2)cc1C. The predicted molar refractivity (Wildman–Crippen MR) is 95.1 cm³/mol. The fourth-order valence-electron chi connectivity index (χ4n) is 2.15. The largest absolute Gasteiger partial charge is 0.384 e. The van der Waals surface area contributed by atoms with E-state index < -0.39 is 5.60 Å². The molecular weight excluding hydrogens is 324 g/mol. The van der Waals surface area contributed by atoms with Crippen LogP contribution in [0.3, 0.4) is 0 Å². The topological polar surface area (TPSA) is 78.4 Å². The molecule has 0 saturated carbocycles. The van der Waals surface area contributed by atoms with E-state index in [-0.39, 0.29) is 24.9 Å². The maximum atomic E-state index is 12.1. The molecule has 1 heterocycles. The summed E-state index contributed by atoms with van der Waals surface area (Å²) in [6.07, 6.45) is 0. The predicted octanol–water partition coefficient (Wildman–Crippen LogP) is 2.12. The zero-order valence-corrected chi connectivity index (χ0v) is 14.9. The molecule has 0 aliphatic heterocycles. The molecule has 0 radical (unpaired) electrons. The normalized spacial score (nSPS) is 13.2. The number of rotatable bonds is 6. The fraction of sp³-hybridized carbons (Fsp3) is 0.333. The standard InChI is InChI=1S/C18H22N2O3S/c1-12-4-5-14(8-13(12)2)17(22)19-9-16(21)20-11-18(3,23)15-6-7-24-10-15/h4-8,10,23H,9,11H2,1-3H3,(H,19,22)(H,20,21). The Morgan fingerprint density at radius 1 is 1.17 bits per heavy atom. The van der Waals surface area contributed by atoms with Gasteiger partial charge in [-0.25, -0.2) is 0 Å². The molecule has 1 aromatic heterocycles. The van der Waals surface area contributed by atoms with E-state index in [0.717, 1.165) is 16.7 Å². The van der Waals surface area contributed by atoms with Gasteiger partial charge in [-0.1, -0.05) is 6.07 Å². The second-order valence-electron chi connectivity index (χ2n) is 6.04. The first-order chi connectivity index (χ1) is 11.3. The third-order valence-corrected chi connectivity index (χ3v) is 4.63. The van der Waals surface area contributed by atoms with E-state index in [1.54, 1.807) is 19.1 Å². The quantitative estimate of drug-likeness (QED) is 0.750. The zero-order chi connectivity index (χ0) is 17.7. The number of thiophene rings is 1. The van der Waals surface area contributed by atoms with E-state index >= 15 is 0 Å². The summed E-state index contributed by atoms with van der Waals surface area (Å²) in [6.45, 7) is 5.51. The number of nitrogens with one attached hydrogen (secondary N) is 2. The van der Waals surface area contributed by atoms with Crippen molar-refractivity contribution in [2.45, 2.75) is 26.4 Å². The van der Waals surface area contributed by atoms with Crippen LogP contribution < -0.4 is 10.6 Å². The smallest absolute Gasteiger partial charge is 0.251 e. The third-order valence-electron chi connectivity index (χ3n) is 3.95. The first-order valence-electron chi connectivity index (χ1n) is 7.67. The van der Waals surface area contributed by atoms with Gasteiger partial charge in [-0.05, 0) is 66.4 Å². The Bertz CT molecular complexity index is 724. The summed E-state index contributed by atoms with van der Waals surface area (Å²) in [5.74, 6) is -0.638. The lowest BCUT2D eigenvalue weighted by atomic mass is 9.99. The number of aliphatic hydroxyl groups is 1. The van der Waals surface area contributed by atoms with Crippen molar-refractivity contribution in [1.82, 2.24) is 10.6 Å². The van der Waals surface area contributed by atoms with Crippen molar-refractivity contribution >= 4 is 23.2 Å². The van der Waals surface area contributed by atoms with E-state index in [4.69, 9.17) is 0 Å². The van der Waals surface area contributed by atoms with Crippen LogP contribution in [-0.2, 0) is 10.4 Å². The van der Waals surface area contributed by atoms with E-state index in [0.29, 0.717) is 5.56 Å². The Kier molecular flexibility index (Phi) is 5.75. The Labute approximate surface area is 145 Å². The number of amides is 2. The lowest BCUT2D eigenvalue weighted by Gasteiger charge is -2.22. The summed E-state index contributed by atoms with van der Waals surface area (Å²) in [5.41, 5.74) is 2.29. The number of aryl methyl sites for hydroxylation is 2. The van der Waals surface area contributed by atoms with Crippen LogP contribution in [0, 0.1) is 13.8 Å². The molecular formula is C18H22N2O3S. The summed E-state index contributed by atoms with van der Waals surface area (Å²) in [6, 6.07) is 7.22. The second kappa shape index (κ2) is 7.59. The molecule has 24 heavy (non-hydrogen) atoms. The molecule has 0 aliphatic carbocycles. The van der Waals surface area contributed by atoms with Gasteiger partial charge in [0.1, 0.15) is 5.60 Å². The monoisotopic (exact) mass is 346 g/mol. The van der Waals surface area contributed by atoms with Gasteiger partial charge in [-0.15, -0.1) is 0 Å². The molecule has 3 N–H and O–H groups in total. The van der Waals surface area contributed by atoms with Crippen molar-refractivity contribution in [2.24, 2.45) is 0 Å². The van der Waals surface area contributed by atoms with Crippen LogP contribution in [0.4, 0.5) is 0 Å². The van der Waals surface area contributed by atoms with Gasteiger partial charge in [0, 0.05) is 5.56 Å². The highest BCUT2D eigenvalue weighted by Crippen LogP contribution is 2.21. The third kappa shape index (κ3) is 4.66. The van der Waals surface area contributed by atoms with Gasteiger partial charge in [0.05, 0.1) is 13.1 Å². The van der Waals surface area contributed by atoms with Crippen molar-refractivity contribution in [1.29, 1.82) is 0 Å². The van der Waals surface area contributed by atoms with Gasteiger partial charge in [0.25, 0.3) is 5.91 Å². The fourth-order valence-corrected chi connectivity index (χ4v) is 2.93. The summed E-state index contributed by atoms with van der Waals surface area (Å²) >= 11 is 1.48. The van der Waals surface area contributed by atoms with E-state index in [1.165, 1.54) is 11.3 Å². The van der Waals surface area contributed by atoms with Gasteiger partial charge in [-0.2, -0.15) is 11.3 Å². The first kappa shape index (κ1) is 18.2. The highest BCUT2D eigenvalue weighted by molar-refractivity contribution is 7.08. The minimum Gasteiger partial charge on any atom is -0.384 e. The lowest BCUT2D eigenvalue weighted by Crippen LogP contribution is -2.43. The minimum atomic E-state index is -1.13. The molecule has 128 valence electrons. The van der Waals surface area contributed by atoms with Gasteiger partial charge in [-0.3, -0.25) is 9.59 Å².